The van der Waals surface area contributed by atoms with Crippen LogP contribution in [0.4, 0.5) is 0 Å². The van der Waals surface area contributed by atoms with Crippen molar-refractivity contribution in [3.8, 4) is 5.75 Å². The maximum Gasteiger partial charge on any atom is 0.119 e. The highest BCUT2D eigenvalue weighted by molar-refractivity contribution is 5.79. The lowest BCUT2D eigenvalue weighted by Crippen LogP contribution is -1.96. The maximum atomic E-state index is 5.18. The van der Waals surface area contributed by atoms with Crippen LogP contribution in [-0.4, -0.2) is 16.9 Å². The van der Waals surface area contributed by atoms with Crippen molar-refractivity contribution >= 4 is 10.9 Å². The molecule has 0 radical (unpaired) electrons. The highest BCUT2D eigenvalue weighted by Gasteiger charge is 2.01. The van der Waals surface area contributed by atoms with E-state index in [1.807, 2.05) is 22.9 Å². The quantitative estimate of drug-likeness (QED) is 0.765. The lowest BCUT2D eigenvalue weighted by Gasteiger charge is -1.96. The molecular weight excluding hydrogens is 188 g/mol. The van der Waals surface area contributed by atoms with Crippen LogP contribution >= 0.6 is 0 Å². The molecule has 0 bridgehead atoms. The lowest BCUT2D eigenvalue weighted by atomic mass is 10.2. The van der Waals surface area contributed by atoms with Gasteiger partial charge in [0.15, 0.2) is 0 Å². The molecule has 0 aliphatic carbocycles. The predicted molar refractivity (Wildman–Crippen MR) is 61.2 cm³/mol. The predicted octanol–water partition coefficient (Wildman–Crippen LogP) is 2.85. The zero-order chi connectivity index (χ0) is 10.7. The summed E-state index contributed by atoms with van der Waals surface area (Å²) < 4.78 is 7.18. The van der Waals surface area contributed by atoms with E-state index >= 15 is 0 Å². The highest BCUT2D eigenvalue weighted by Crippen LogP contribution is 2.19. The molecule has 1 heterocycles. The molecule has 0 N–H and O–H groups in total. The Kier molecular flexibility index (Phi) is 2.90. The van der Waals surface area contributed by atoms with E-state index in [1.165, 1.54) is 12.8 Å². The largest absolute Gasteiger partial charge is 0.497 e. The summed E-state index contributed by atoms with van der Waals surface area (Å²) in [4.78, 5) is 0. The Morgan fingerprint density at radius 2 is 2.27 bits per heavy atom. The Morgan fingerprint density at radius 3 is 3.00 bits per heavy atom. The van der Waals surface area contributed by atoms with Crippen molar-refractivity contribution in [2.24, 2.45) is 0 Å². The smallest absolute Gasteiger partial charge is 0.119 e. The van der Waals surface area contributed by atoms with Gasteiger partial charge in [-0.1, -0.05) is 13.3 Å². The lowest BCUT2D eigenvalue weighted by molar-refractivity contribution is 0.415. The molecule has 0 atom stereocenters. The molecule has 1 aromatic heterocycles. The minimum absolute atomic E-state index is 0.887. The van der Waals surface area contributed by atoms with Crippen molar-refractivity contribution in [2.75, 3.05) is 7.11 Å². The van der Waals surface area contributed by atoms with Crippen LogP contribution in [0.5, 0.6) is 5.75 Å². The minimum Gasteiger partial charge on any atom is -0.497 e. The van der Waals surface area contributed by atoms with Crippen molar-refractivity contribution in [2.45, 2.75) is 26.3 Å². The second-order valence-corrected chi connectivity index (χ2v) is 3.67. The number of hydrogen-bond donors (Lipinski definition) is 0. The fourth-order valence-corrected chi connectivity index (χ4v) is 1.62. The number of ether oxygens (including phenoxy) is 1. The average Bonchev–Trinajstić information content (AvgIpc) is 2.67. The summed E-state index contributed by atoms with van der Waals surface area (Å²) in [6.45, 7) is 3.18. The molecule has 0 fully saturated rings. The molecule has 15 heavy (non-hydrogen) atoms. The zero-order valence-corrected chi connectivity index (χ0v) is 9.23. The molecule has 3 heteroatoms. The minimum atomic E-state index is 0.887. The molecule has 0 aliphatic heterocycles. The molecule has 1 aromatic carbocycles. The monoisotopic (exact) mass is 204 g/mol. The summed E-state index contributed by atoms with van der Waals surface area (Å²) in [5.74, 6) is 0.887. The van der Waals surface area contributed by atoms with Crippen molar-refractivity contribution in [1.29, 1.82) is 0 Å². The summed E-state index contributed by atoms with van der Waals surface area (Å²) in [6, 6.07) is 5.96. The number of hydrogen-bond acceptors (Lipinski definition) is 2. The third kappa shape index (κ3) is 2.12. The number of fused-ring (bicyclic) bond motifs is 1. The van der Waals surface area contributed by atoms with Gasteiger partial charge >= 0.3 is 0 Å². The van der Waals surface area contributed by atoms with Gasteiger partial charge in [0, 0.05) is 18.1 Å². The summed E-state index contributed by atoms with van der Waals surface area (Å²) in [5.41, 5.74) is 1.03. The first-order valence-electron chi connectivity index (χ1n) is 5.34. The molecule has 0 amide bonds. The van der Waals surface area contributed by atoms with Crippen molar-refractivity contribution in [3.05, 3.63) is 24.4 Å². The fourth-order valence-electron chi connectivity index (χ4n) is 1.62. The molecule has 0 aliphatic rings. The van der Waals surface area contributed by atoms with Crippen molar-refractivity contribution < 1.29 is 4.74 Å². The maximum absolute atomic E-state index is 5.18. The summed E-state index contributed by atoms with van der Waals surface area (Å²) in [6.07, 6.45) is 4.44. The molecule has 3 nitrogen and oxygen atoms in total. The van der Waals surface area contributed by atoms with Crippen molar-refractivity contribution in [1.82, 2.24) is 9.78 Å². The normalized spacial score (nSPS) is 10.8. The molecule has 2 aromatic rings. The number of methoxy groups -OCH3 is 1. The van der Waals surface area contributed by atoms with Crippen LogP contribution in [0.2, 0.25) is 0 Å². The molecular formula is C12H16N2O. The van der Waals surface area contributed by atoms with E-state index in [4.69, 9.17) is 4.74 Å². The van der Waals surface area contributed by atoms with Gasteiger partial charge < -0.3 is 4.74 Å². The third-order valence-electron chi connectivity index (χ3n) is 2.50. The van der Waals surface area contributed by atoms with E-state index in [2.05, 4.69) is 18.2 Å². The standard InChI is InChI=1S/C12H16N2O/c1-3-4-7-14-9-10-8-11(15-2)5-6-12(10)13-14/h5-6,8-9H,3-4,7H2,1-2H3. The van der Waals surface area contributed by atoms with Gasteiger partial charge in [-0.15, -0.1) is 0 Å². The summed E-state index contributed by atoms with van der Waals surface area (Å²) in [5, 5.41) is 5.63. The van der Waals surface area contributed by atoms with Gasteiger partial charge in [0.25, 0.3) is 0 Å². The molecule has 0 unspecified atom stereocenters. The first-order chi connectivity index (χ1) is 7.33. The average molecular weight is 204 g/mol. The van der Waals surface area contributed by atoms with E-state index in [9.17, 15) is 0 Å². The van der Waals surface area contributed by atoms with Gasteiger partial charge in [0.1, 0.15) is 5.75 Å². The van der Waals surface area contributed by atoms with E-state index in [-0.39, 0.29) is 0 Å². The Bertz CT molecular complexity index is 448. The number of nitrogens with zero attached hydrogens (tertiary/aromatic N) is 2. The third-order valence-corrected chi connectivity index (χ3v) is 2.50. The SMILES string of the molecule is CCCCn1cc2cc(OC)ccc2n1. The van der Waals surface area contributed by atoms with Crippen LogP contribution in [0.3, 0.4) is 0 Å². The van der Waals surface area contributed by atoms with Crippen LogP contribution in [0.25, 0.3) is 10.9 Å². The summed E-state index contributed by atoms with van der Waals surface area (Å²) in [7, 11) is 1.68. The zero-order valence-electron chi connectivity index (χ0n) is 9.23. The molecule has 0 saturated carbocycles. The highest BCUT2D eigenvalue weighted by atomic mass is 16.5. The van der Waals surface area contributed by atoms with Crippen LogP contribution in [0.1, 0.15) is 19.8 Å². The first-order valence-corrected chi connectivity index (χ1v) is 5.34. The van der Waals surface area contributed by atoms with Gasteiger partial charge in [0.2, 0.25) is 0 Å². The van der Waals surface area contributed by atoms with Crippen LogP contribution in [-0.2, 0) is 6.54 Å². The number of aromatic nitrogens is 2. The fraction of sp³-hybridized carbons (Fsp3) is 0.417. The molecule has 0 saturated heterocycles. The number of unbranched alkanes of at least 4 members (excludes halogenated alkanes) is 1. The Hall–Kier alpha value is -1.51. The van der Waals surface area contributed by atoms with Crippen LogP contribution < -0.4 is 4.74 Å². The van der Waals surface area contributed by atoms with Gasteiger partial charge in [0.05, 0.1) is 12.6 Å². The van der Waals surface area contributed by atoms with E-state index in [0.717, 1.165) is 23.2 Å². The van der Waals surface area contributed by atoms with Crippen LogP contribution in [0.15, 0.2) is 24.4 Å². The summed E-state index contributed by atoms with van der Waals surface area (Å²) >= 11 is 0. The second-order valence-electron chi connectivity index (χ2n) is 3.67. The molecule has 80 valence electrons. The van der Waals surface area contributed by atoms with E-state index in [1.54, 1.807) is 7.11 Å². The topological polar surface area (TPSA) is 27.1 Å². The van der Waals surface area contributed by atoms with Crippen molar-refractivity contribution in [3.63, 3.8) is 0 Å². The molecule has 0 spiro atoms. The van der Waals surface area contributed by atoms with Gasteiger partial charge in [-0.3, -0.25) is 4.68 Å². The second kappa shape index (κ2) is 4.34. The molecule has 2 rings (SSSR count). The number of aryl methyl sites for hydroxylation is 1. The Morgan fingerprint density at radius 1 is 1.40 bits per heavy atom. The Labute approximate surface area is 89.7 Å². The van der Waals surface area contributed by atoms with Gasteiger partial charge in [-0.2, -0.15) is 5.10 Å². The Balaban J connectivity index is 2.29. The van der Waals surface area contributed by atoms with Gasteiger partial charge in [-0.05, 0) is 24.6 Å². The van der Waals surface area contributed by atoms with E-state index < -0.39 is 0 Å². The van der Waals surface area contributed by atoms with Crippen LogP contribution in [0, 0.1) is 0 Å². The van der Waals surface area contributed by atoms with Gasteiger partial charge in [-0.25, -0.2) is 0 Å². The first kappa shape index (κ1) is 10.0. The number of rotatable bonds is 4. The van der Waals surface area contributed by atoms with E-state index in [0.29, 0.717) is 0 Å². The number of benzene rings is 1.